The first-order valence-corrected chi connectivity index (χ1v) is 8.51. The van der Waals surface area contributed by atoms with E-state index in [1.807, 2.05) is 0 Å². The molecule has 4 nitrogen and oxygen atoms in total. The van der Waals surface area contributed by atoms with Crippen LogP contribution in [0.3, 0.4) is 0 Å². The van der Waals surface area contributed by atoms with Crippen LogP contribution in [0.5, 0.6) is 0 Å². The number of thioether (sulfide) groups is 1. The highest BCUT2D eigenvalue weighted by atomic mass is 32.2. The number of hydrogen-bond donors (Lipinski definition) is 0. The second-order valence-electron chi connectivity index (χ2n) is 6.89. The summed E-state index contributed by atoms with van der Waals surface area (Å²) in [6, 6.07) is 2.08. The maximum Gasteiger partial charge on any atom is 0.136 e. The van der Waals surface area contributed by atoms with E-state index in [1.165, 1.54) is 0 Å². The molecule has 1 aromatic heterocycles. The van der Waals surface area contributed by atoms with Gasteiger partial charge in [0.15, 0.2) is 0 Å². The first-order chi connectivity index (χ1) is 9.79. The van der Waals surface area contributed by atoms with Gasteiger partial charge >= 0.3 is 0 Å². The van der Waals surface area contributed by atoms with Gasteiger partial charge in [0.25, 0.3) is 0 Å². The lowest BCUT2D eigenvalue weighted by atomic mass is 9.95. The Kier molecular flexibility index (Phi) is 5.15. The zero-order valence-corrected chi connectivity index (χ0v) is 14.8. The molecule has 1 aliphatic heterocycles. The molecule has 0 spiro atoms. The molecule has 0 aromatic carbocycles. The van der Waals surface area contributed by atoms with Crippen molar-refractivity contribution in [2.75, 3.05) is 25.1 Å². The Morgan fingerprint density at radius 2 is 1.86 bits per heavy atom. The van der Waals surface area contributed by atoms with E-state index in [0.717, 1.165) is 30.4 Å². The first-order valence-electron chi connectivity index (χ1n) is 7.57. The summed E-state index contributed by atoms with van der Waals surface area (Å²) in [6.45, 7) is 13.7. The van der Waals surface area contributed by atoms with Crippen LogP contribution in [0.4, 0.5) is 5.82 Å². The molecule has 2 unspecified atom stereocenters. The number of methoxy groups -OCH3 is 1. The molecule has 2 rings (SSSR count). The van der Waals surface area contributed by atoms with Crippen LogP contribution in [0.25, 0.3) is 0 Å². The highest BCUT2D eigenvalue weighted by Crippen LogP contribution is 2.29. The monoisotopic (exact) mass is 309 g/mol. The lowest BCUT2D eigenvalue weighted by Gasteiger charge is -2.36. The molecule has 2 heterocycles. The van der Waals surface area contributed by atoms with E-state index in [4.69, 9.17) is 9.72 Å². The van der Waals surface area contributed by atoms with Crippen molar-refractivity contribution in [1.82, 2.24) is 9.97 Å². The Morgan fingerprint density at radius 3 is 2.38 bits per heavy atom. The number of ether oxygens (including phenoxy) is 1. The van der Waals surface area contributed by atoms with Crippen molar-refractivity contribution in [2.45, 2.75) is 57.1 Å². The second kappa shape index (κ2) is 6.53. The van der Waals surface area contributed by atoms with Crippen molar-refractivity contribution < 1.29 is 4.74 Å². The topological polar surface area (TPSA) is 38.2 Å². The minimum Gasteiger partial charge on any atom is -0.378 e. The minimum absolute atomic E-state index is 0.0553. The van der Waals surface area contributed by atoms with E-state index in [2.05, 4.69) is 62.3 Å². The van der Waals surface area contributed by atoms with Gasteiger partial charge in [0.1, 0.15) is 11.6 Å². The number of anilines is 1. The maximum absolute atomic E-state index is 5.27. The molecule has 0 amide bonds. The third kappa shape index (κ3) is 4.33. The van der Waals surface area contributed by atoms with Gasteiger partial charge in [-0.3, -0.25) is 0 Å². The van der Waals surface area contributed by atoms with Crippen LogP contribution in [0, 0.1) is 0 Å². The predicted molar refractivity (Wildman–Crippen MR) is 90.2 cm³/mol. The zero-order chi connectivity index (χ0) is 15.6. The molecule has 0 bridgehead atoms. The van der Waals surface area contributed by atoms with Crippen LogP contribution in [-0.4, -0.2) is 40.7 Å². The van der Waals surface area contributed by atoms with Crippen molar-refractivity contribution in [2.24, 2.45) is 0 Å². The van der Waals surface area contributed by atoms with Crippen molar-refractivity contribution in [3.8, 4) is 0 Å². The maximum atomic E-state index is 5.27. The van der Waals surface area contributed by atoms with Gasteiger partial charge in [-0.2, -0.15) is 11.8 Å². The average Bonchev–Trinajstić information content (AvgIpc) is 2.36. The number of rotatable bonds is 3. The van der Waals surface area contributed by atoms with E-state index >= 15 is 0 Å². The average molecular weight is 309 g/mol. The highest BCUT2D eigenvalue weighted by molar-refractivity contribution is 8.00. The van der Waals surface area contributed by atoms with Gasteiger partial charge in [0, 0.05) is 42.2 Å². The van der Waals surface area contributed by atoms with Gasteiger partial charge in [-0.15, -0.1) is 0 Å². The van der Waals surface area contributed by atoms with Crippen LogP contribution in [0.2, 0.25) is 0 Å². The van der Waals surface area contributed by atoms with Crippen LogP contribution in [-0.2, 0) is 16.8 Å². The van der Waals surface area contributed by atoms with E-state index in [0.29, 0.717) is 17.1 Å². The van der Waals surface area contributed by atoms with Gasteiger partial charge in [0.2, 0.25) is 0 Å². The summed E-state index contributed by atoms with van der Waals surface area (Å²) in [5, 5.41) is 1.26. The quantitative estimate of drug-likeness (QED) is 0.857. The summed E-state index contributed by atoms with van der Waals surface area (Å²) in [4.78, 5) is 11.9. The van der Waals surface area contributed by atoms with E-state index in [1.54, 1.807) is 7.11 Å². The van der Waals surface area contributed by atoms with Crippen molar-refractivity contribution in [3.05, 3.63) is 17.6 Å². The van der Waals surface area contributed by atoms with Gasteiger partial charge in [0.05, 0.1) is 12.3 Å². The second-order valence-corrected chi connectivity index (χ2v) is 8.77. The molecule has 0 aliphatic carbocycles. The third-order valence-corrected chi connectivity index (χ3v) is 4.70. The molecular formula is C16H27N3OS. The summed E-state index contributed by atoms with van der Waals surface area (Å²) in [6.07, 6.45) is 0. The van der Waals surface area contributed by atoms with Crippen molar-refractivity contribution >= 4 is 17.6 Å². The minimum atomic E-state index is -0.0553. The molecule has 1 aliphatic rings. The fraction of sp³-hybridized carbons (Fsp3) is 0.750. The molecule has 118 valence electrons. The molecule has 0 radical (unpaired) electrons. The van der Waals surface area contributed by atoms with E-state index in [9.17, 15) is 0 Å². The van der Waals surface area contributed by atoms with Crippen molar-refractivity contribution in [3.63, 3.8) is 0 Å². The standard InChI is InChI=1S/C16H27N3OS/c1-11-8-19(9-12(2)21-11)14-7-13(10-20-6)17-15(18-14)16(3,4)5/h7,11-12H,8-10H2,1-6H3. The van der Waals surface area contributed by atoms with Crippen LogP contribution in [0.1, 0.15) is 46.1 Å². The SMILES string of the molecule is COCc1cc(N2CC(C)SC(C)C2)nc(C(C)(C)C)n1. The van der Waals surface area contributed by atoms with Crippen molar-refractivity contribution in [1.29, 1.82) is 0 Å². The Morgan fingerprint density at radius 1 is 1.24 bits per heavy atom. The predicted octanol–water partition coefficient (Wildman–Crippen LogP) is 3.25. The van der Waals surface area contributed by atoms with E-state index < -0.39 is 0 Å². The number of nitrogens with zero attached hydrogens (tertiary/aromatic N) is 3. The molecule has 1 saturated heterocycles. The summed E-state index contributed by atoms with van der Waals surface area (Å²) in [5.74, 6) is 1.94. The summed E-state index contributed by atoms with van der Waals surface area (Å²) < 4.78 is 5.27. The van der Waals surface area contributed by atoms with Gasteiger partial charge in [-0.1, -0.05) is 34.6 Å². The smallest absolute Gasteiger partial charge is 0.136 e. The summed E-state index contributed by atoms with van der Waals surface area (Å²) in [5.41, 5.74) is 0.909. The fourth-order valence-electron chi connectivity index (χ4n) is 2.57. The lowest BCUT2D eigenvalue weighted by Crippen LogP contribution is -2.41. The fourth-order valence-corrected chi connectivity index (χ4v) is 3.89. The Hall–Kier alpha value is -0.810. The molecular weight excluding hydrogens is 282 g/mol. The highest BCUT2D eigenvalue weighted by Gasteiger charge is 2.26. The van der Waals surface area contributed by atoms with Crippen LogP contribution >= 0.6 is 11.8 Å². The molecule has 2 atom stereocenters. The van der Waals surface area contributed by atoms with Gasteiger partial charge in [-0.25, -0.2) is 9.97 Å². The summed E-state index contributed by atoms with van der Waals surface area (Å²) in [7, 11) is 1.71. The normalized spacial score (nSPS) is 23.4. The Labute approximate surface area is 132 Å². The number of aromatic nitrogens is 2. The summed E-state index contributed by atoms with van der Waals surface area (Å²) >= 11 is 2.05. The van der Waals surface area contributed by atoms with Gasteiger partial charge in [-0.05, 0) is 0 Å². The first kappa shape index (κ1) is 16.6. The molecule has 5 heteroatoms. The molecule has 1 aromatic rings. The number of hydrogen-bond acceptors (Lipinski definition) is 5. The Bertz CT molecular complexity index is 477. The van der Waals surface area contributed by atoms with Crippen LogP contribution < -0.4 is 4.90 Å². The lowest BCUT2D eigenvalue weighted by molar-refractivity contribution is 0.181. The molecule has 0 N–H and O–H groups in total. The molecule has 21 heavy (non-hydrogen) atoms. The molecule has 0 saturated carbocycles. The third-order valence-electron chi connectivity index (χ3n) is 3.47. The largest absolute Gasteiger partial charge is 0.378 e. The zero-order valence-electron chi connectivity index (χ0n) is 14.0. The Balaban J connectivity index is 2.35. The van der Waals surface area contributed by atoms with Crippen LogP contribution in [0.15, 0.2) is 6.07 Å². The van der Waals surface area contributed by atoms with E-state index in [-0.39, 0.29) is 5.41 Å². The van der Waals surface area contributed by atoms with Gasteiger partial charge < -0.3 is 9.64 Å². The molecule has 1 fully saturated rings.